The summed E-state index contributed by atoms with van der Waals surface area (Å²) in [6.07, 6.45) is 1.28. The Kier molecular flexibility index (Phi) is 4.76. The van der Waals surface area contributed by atoms with Crippen molar-refractivity contribution in [3.8, 4) is 0 Å². The third-order valence-corrected chi connectivity index (χ3v) is 4.42. The summed E-state index contributed by atoms with van der Waals surface area (Å²) in [6.45, 7) is 6.37. The lowest BCUT2D eigenvalue weighted by Gasteiger charge is -2.26. The molecule has 1 aromatic rings. The van der Waals surface area contributed by atoms with Crippen molar-refractivity contribution in [2.75, 3.05) is 0 Å². The first-order valence-corrected chi connectivity index (χ1v) is 8.24. The van der Waals surface area contributed by atoms with Crippen molar-refractivity contribution >= 4 is 11.6 Å². The Labute approximate surface area is 136 Å². The van der Waals surface area contributed by atoms with Crippen molar-refractivity contribution in [3.05, 3.63) is 34.9 Å². The molecule has 1 aromatic carbocycles. The van der Waals surface area contributed by atoms with E-state index in [1.54, 1.807) is 0 Å². The first-order valence-electron chi connectivity index (χ1n) is 7.86. The summed E-state index contributed by atoms with van der Waals surface area (Å²) >= 11 is 6.20. The average Bonchev–Trinajstić information content (AvgIpc) is 2.90. The maximum Gasteiger partial charge on any atom is 0.190 e. The van der Waals surface area contributed by atoms with Gasteiger partial charge in [-0.25, -0.2) is 0 Å². The van der Waals surface area contributed by atoms with Gasteiger partial charge in [-0.3, -0.25) is 0 Å². The van der Waals surface area contributed by atoms with Crippen LogP contribution in [0.4, 0.5) is 0 Å². The van der Waals surface area contributed by atoms with Gasteiger partial charge in [0.2, 0.25) is 0 Å². The molecule has 0 aliphatic carbocycles. The fourth-order valence-electron chi connectivity index (χ4n) is 3.07. The lowest BCUT2D eigenvalue weighted by molar-refractivity contribution is -0.219. The van der Waals surface area contributed by atoms with Gasteiger partial charge in [0.25, 0.3) is 0 Å². The van der Waals surface area contributed by atoms with Crippen LogP contribution in [0.25, 0.3) is 0 Å². The van der Waals surface area contributed by atoms with Crippen molar-refractivity contribution in [1.29, 1.82) is 0 Å². The van der Waals surface area contributed by atoms with E-state index in [9.17, 15) is 0 Å². The summed E-state index contributed by atoms with van der Waals surface area (Å²) in [5.74, 6) is -0.626. The summed E-state index contributed by atoms with van der Waals surface area (Å²) in [5, 5.41) is 0.717. The molecular weight excluding hydrogens is 304 g/mol. The van der Waals surface area contributed by atoms with Crippen molar-refractivity contribution in [2.45, 2.75) is 70.6 Å². The summed E-state index contributed by atoms with van der Waals surface area (Å²) in [6, 6.07) is 7.72. The molecule has 5 heteroatoms. The molecule has 4 atom stereocenters. The van der Waals surface area contributed by atoms with Gasteiger partial charge in [-0.05, 0) is 31.9 Å². The maximum atomic E-state index is 6.20. The van der Waals surface area contributed by atoms with Crippen LogP contribution in [0.5, 0.6) is 0 Å². The van der Waals surface area contributed by atoms with Gasteiger partial charge in [0.05, 0.1) is 12.7 Å². The molecule has 122 valence electrons. The van der Waals surface area contributed by atoms with Gasteiger partial charge in [0.1, 0.15) is 12.2 Å². The Morgan fingerprint density at radius 2 is 2.00 bits per heavy atom. The van der Waals surface area contributed by atoms with Crippen LogP contribution in [0, 0.1) is 0 Å². The summed E-state index contributed by atoms with van der Waals surface area (Å²) in [7, 11) is 0. The third-order valence-electron chi connectivity index (χ3n) is 4.05. The van der Waals surface area contributed by atoms with Crippen LogP contribution in [0.2, 0.25) is 5.02 Å². The van der Waals surface area contributed by atoms with Crippen LogP contribution >= 0.6 is 11.6 Å². The summed E-state index contributed by atoms with van der Waals surface area (Å²) in [4.78, 5) is 0. The minimum Gasteiger partial charge on any atom is -0.368 e. The minimum atomic E-state index is -0.626. The molecule has 0 amide bonds. The molecule has 0 N–H and O–H groups in total. The number of hydrogen-bond donors (Lipinski definition) is 0. The van der Waals surface area contributed by atoms with E-state index in [1.807, 2.05) is 38.1 Å². The van der Waals surface area contributed by atoms with Gasteiger partial charge in [-0.15, -0.1) is 0 Å². The van der Waals surface area contributed by atoms with Gasteiger partial charge in [0.15, 0.2) is 12.1 Å². The SMILES string of the molecule is CCC[C@H]1O[C@@H]2OC(C)(C)O[C@@H]2[C@H]1OCc1ccccc1Cl. The highest BCUT2D eigenvalue weighted by molar-refractivity contribution is 6.31. The quantitative estimate of drug-likeness (QED) is 0.822. The van der Waals surface area contributed by atoms with Crippen LogP contribution in [-0.2, 0) is 25.6 Å². The van der Waals surface area contributed by atoms with E-state index in [0.29, 0.717) is 11.6 Å². The Morgan fingerprint density at radius 1 is 1.23 bits per heavy atom. The molecule has 0 bridgehead atoms. The third kappa shape index (κ3) is 3.31. The fourth-order valence-corrected chi connectivity index (χ4v) is 3.26. The molecule has 2 fully saturated rings. The monoisotopic (exact) mass is 326 g/mol. The zero-order valence-electron chi connectivity index (χ0n) is 13.3. The zero-order valence-corrected chi connectivity index (χ0v) is 14.0. The second-order valence-corrected chi connectivity index (χ2v) is 6.71. The Hall–Kier alpha value is -0.650. The predicted molar refractivity (Wildman–Crippen MR) is 83.6 cm³/mol. The van der Waals surface area contributed by atoms with Crippen molar-refractivity contribution in [2.24, 2.45) is 0 Å². The largest absolute Gasteiger partial charge is 0.368 e. The Morgan fingerprint density at radius 3 is 2.73 bits per heavy atom. The van der Waals surface area contributed by atoms with Crippen molar-refractivity contribution in [1.82, 2.24) is 0 Å². The molecule has 0 radical (unpaired) electrons. The smallest absolute Gasteiger partial charge is 0.190 e. The summed E-state index contributed by atoms with van der Waals surface area (Å²) < 4.78 is 23.9. The molecule has 0 aromatic heterocycles. The van der Waals surface area contributed by atoms with E-state index in [4.69, 9.17) is 30.5 Å². The van der Waals surface area contributed by atoms with E-state index < -0.39 is 5.79 Å². The molecule has 2 aliphatic heterocycles. The van der Waals surface area contributed by atoms with Gasteiger partial charge in [-0.1, -0.05) is 43.1 Å². The van der Waals surface area contributed by atoms with Gasteiger partial charge < -0.3 is 18.9 Å². The average molecular weight is 327 g/mol. The molecule has 2 heterocycles. The molecular formula is C17H23ClO4. The molecule has 0 saturated carbocycles. The maximum absolute atomic E-state index is 6.20. The second kappa shape index (κ2) is 6.46. The van der Waals surface area contributed by atoms with Crippen LogP contribution in [0.3, 0.4) is 0 Å². The Balaban J connectivity index is 1.70. The molecule has 0 unspecified atom stereocenters. The Bertz CT molecular complexity index is 519. The van der Waals surface area contributed by atoms with Crippen molar-refractivity contribution < 1.29 is 18.9 Å². The van der Waals surface area contributed by atoms with Gasteiger partial charge in [0, 0.05) is 5.02 Å². The molecule has 22 heavy (non-hydrogen) atoms. The van der Waals surface area contributed by atoms with Gasteiger partial charge in [-0.2, -0.15) is 0 Å². The number of fused-ring (bicyclic) bond motifs is 1. The van der Waals surface area contributed by atoms with E-state index in [2.05, 4.69) is 6.92 Å². The molecule has 0 spiro atoms. The topological polar surface area (TPSA) is 36.9 Å². The minimum absolute atomic E-state index is 0.00131. The molecule has 2 saturated heterocycles. The van der Waals surface area contributed by atoms with Crippen LogP contribution < -0.4 is 0 Å². The van der Waals surface area contributed by atoms with Crippen LogP contribution in [0.1, 0.15) is 39.2 Å². The van der Waals surface area contributed by atoms with E-state index in [-0.39, 0.29) is 24.6 Å². The summed E-state index contributed by atoms with van der Waals surface area (Å²) in [5.41, 5.74) is 0.973. The molecule has 2 aliphatic rings. The highest BCUT2D eigenvalue weighted by atomic mass is 35.5. The second-order valence-electron chi connectivity index (χ2n) is 6.30. The number of rotatable bonds is 5. The van der Waals surface area contributed by atoms with Crippen molar-refractivity contribution in [3.63, 3.8) is 0 Å². The zero-order chi connectivity index (χ0) is 15.7. The van der Waals surface area contributed by atoms with E-state index in [1.165, 1.54) is 0 Å². The number of halogens is 1. The lowest BCUT2D eigenvalue weighted by atomic mass is 10.1. The highest BCUT2D eigenvalue weighted by Crippen LogP contribution is 2.40. The van der Waals surface area contributed by atoms with E-state index >= 15 is 0 Å². The van der Waals surface area contributed by atoms with Crippen LogP contribution in [-0.4, -0.2) is 30.4 Å². The van der Waals surface area contributed by atoms with Gasteiger partial charge >= 0.3 is 0 Å². The van der Waals surface area contributed by atoms with E-state index in [0.717, 1.165) is 18.4 Å². The first kappa shape index (κ1) is 16.2. The first-order chi connectivity index (χ1) is 10.5. The standard InChI is InChI=1S/C17H23ClO4/c1-4-7-13-14(15-16(20-13)22-17(2,3)21-15)19-10-11-8-5-6-9-12(11)18/h5-6,8-9,13-16H,4,7,10H2,1-3H3/t13-,14+,15-,16-/m1/s1. The number of benzene rings is 1. The number of hydrogen-bond acceptors (Lipinski definition) is 4. The number of ether oxygens (including phenoxy) is 4. The fraction of sp³-hybridized carbons (Fsp3) is 0.647. The predicted octanol–water partition coefficient (Wildman–Crippen LogP) is 3.90. The normalized spacial score (nSPS) is 33.1. The lowest BCUT2D eigenvalue weighted by Crippen LogP contribution is -2.36. The molecule has 3 rings (SSSR count). The highest BCUT2D eigenvalue weighted by Gasteiger charge is 2.54. The van der Waals surface area contributed by atoms with Crippen LogP contribution in [0.15, 0.2) is 24.3 Å². The molecule has 4 nitrogen and oxygen atoms in total.